The Morgan fingerprint density at radius 3 is 2.71 bits per heavy atom. The molecule has 1 amide bonds. The van der Waals surface area contributed by atoms with Gasteiger partial charge in [-0.2, -0.15) is 0 Å². The van der Waals surface area contributed by atoms with Crippen LogP contribution in [0.3, 0.4) is 0 Å². The molecule has 1 N–H and O–H groups in total. The van der Waals surface area contributed by atoms with Crippen molar-refractivity contribution in [3.05, 3.63) is 27.6 Å². The van der Waals surface area contributed by atoms with Gasteiger partial charge in [-0.15, -0.1) is 0 Å². The van der Waals surface area contributed by atoms with Gasteiger partial charge < -0.3 is 14.8 Å². The van der Waals surface area contributed by atoms with Crippen LogP contribution in [0.25, 0.3) is 6.08 Å². The van der Waals surface area contributed by atoms with Gasteiger partial charge in [0.1, 0.15) is 0 Å². The first-order valence-electron chi connectivity index (χ1n) is 7.81. The smallest absolute Gasteiger partial charge is 0.264 e. The summed E-state index contributed by atoms with van der Waals surface area (Å²) >= 11 is 7.58. The van der Waals surface area contributed by atoms with Gasteiger partial charge in [0.15, 0.2) is 16.7 Å². The standard InChI is InChI=1S/C17H19ClN2O3S/c1-22-13-8-10(7-12(18)15(13)23-2)9-14-16(21)20-17(24-14)19-11-5-3-4-6-11/h7-9,11H,3-6H2,1-2H3,(H,19,20,21)/b14-9-. The molecule has 128 valence electrons. The number of halogens is 1. The average molecular weight is 367 g/mol. The van der Waals surface area contributed by atoms with Crippen LogP contribution in [-0.2, 0) is 4.79 Å². The molecule has 1 aromatic rings. The Hall–Kier alpha value is -1.66. The van der Waals surface area contributed by atoms with Gasteiger partial charge in [0, 0.05) is 0 Å². The SMILES string of the molecule is COc1cc(/C=C2\SC(=NC3CCCC3)NC2=O)cc(Cl)c1OC. The Kier molecular flexibility index (Phi) is 5.36. The zero-order chi connectivity index (χ0) is 17.1. The van der Waals surface area contributed by atoms with Crippen molar-refractivity contribution in [2.45, 2.75) is 31.7 Å². The molecular weight excluding hydrogens is 348 g/mol. The summed E-state index contributed by atoms with van der Waals surface area (Å²) in [5.74, 6) is 0.871. The van der Waals surface area contributed by atoms with Crippen LogP contribution in [0.4, 0.5) is 0 Å². The maximum atomic E-state index is 12.2. The largest absolute Gasteiger partial charge is 0.493 e. The fourth-order valence-corrected chi connectivity index (χ4v) is 4.05. The van der Waals surface area contributed by atoms with E-state index in [-0.39, 0.29) is 5.91 Å². The summed E-state index contributed by atoms with van der Waals surface area (Å²) in [6, 6.07) is 3.87. The summed E-state index contributed by atoms with van der Waals surface area (Å²) in [6.45, 7) is 0. The van der Waals surface area contributed by atoms with Crippen LogP contribution in [-0.4, -0.2) is 31.3 Å². The van der Waals surface area contributed by atoms with E-state index in [9.17, 15) is 4.79 Å². The monoisotopic (exact) mass is 366 g/mol. The van der Waals surface area contributed by atoms with E-state index in [1.165, 1.54) is 31.7 Å². The first-order valence-corrected chi connectivity index (χ1v) is 9.00. The number of carbonyl (C=O) groups is 1. The molecule has 1 saturated heterocycles. The minimum atomic E-state index is -0.136. The summed E-state index contributed by atoms with van der Waals surface area (Å²) in [6.07, 6.45) is 6.42. The Bertz CT molecular complexity index is 712. The molecule has 3 rings (SSSR count). The topological polar surface area (TPSA) is 59.9 Å². The van der Waals surface area contributed by atoms with Gasteiger partial charge in [-0.05, 0) is 48.4 Å². The average Bonchev–Trinajstić information content (AvgIpc) is 3.17. The van der Waals surface area contributed by atoms with Crippen LogP contribution in [0.1, 0.15) is 31.2 Å². The molecule has 2 fully saturated rings. The Labute approximate surface area is 150 Å². The highest BCUT2D eigenvalue weighted by Gasteiger charge is 2.26. The third-order valence-corrected chi connectivity index (χ3v) is 5.23. The third-order valence-electron chi connectivity index (χ3n) is 4.03. The molecule has 0 unspecified atom stereocenters. The molecule has 2 aliphatic rings. The number of ether oxygens (including phenoxy) is 2. The summed E-state index contributed by atoms with van der Waals surface area (Å²) in [5.41, 5.74) is 0.775. The fourth-order valence-electron chi connectivity index (χ4n) is 2.86. The minimum absolute atomic E-state index is 0.136. The number of methoxy groups -OCH3 is 2. The second kappa shape index (κ2) is 7.49. The van der Waals surface area contributed by atoms with E-state index >= 15 is 0 Å². The lowest BCUT2D eigenvalue weighted by Crippen LogP contribution is -2.21. The predicted octanol–water partition coefficient (Wildman–Crippen LogP) is 3.86. The van der Waals surface area contributed by atoms with Crippen LogP contribution < -0.4 is 14.8 Å². The molecule has 0 atom stereocenters. The molecule has 1 aromatic carbocycles. The summed E-state index contributed by atoms with van der Waals surface area (Å²) < 4.78 is 10.5. The number of carbonyl (C=O) groups excluding carboxylic acids is 1. The normalized spacial score (nSPS) is 21.5. The number of thioether (sulfide) groups is 1. The van der Waals surface area contributed by atoms with Crippen molar-refractivity contribution in [3.63, 3.8) is 0 Å². The number of rotatable bonds is 4. The highest BCUT2D eigenvalue weighted by molar-refractivity contribution is 8.18. The zero-order valence-corrected chi connectivity index (χ0v) is 15.2. The van der Waals surface area contributed by atoms with E-state index in [1.807, 2.05) is 0 Å². The summed E-state index contributed by atoms with van der Waals surface area (Å²) in [4.78, 5) is 17.4. The highest BCUT2D eigenvalue weighted by atomic mass is 35.5. The van der Waals surface area contributed by atoms with E-state index in [0.29, 0.717) is 32.6 Å². The number of aliphatic imine (C=N–C) groups is 1. The van der Waals surface area contributed by atoms with Crippen LogP contribution in [0.15, 0.2) is 22.0 Å². The number of hydrogen-bond acceptors (Lipinski definition) is 5. The predicted molar refractivity (Wildman–Crippen MR) is 98.0 cm³/mol. The van der Waals surface area contributed by atoms with Crippen molar-refractivity contribution < 1.29 is 14.3 Å². The number of amidine groups is 1. The van der Waals surface area contributed by atoms with Gasteiger partial charge >= 0.3 is 0 Å². The van der Waals surface area contributed by atoms with Crippen molar-refractivity contribution in [2.75, 3.05) is 14.2 Å². The van der Waals surface area contributed by atoms with Gasteiger partial charge in [-0.1, -0.05) is 24.4 Å². The molecule has 7 heteroatoms. The van der Waals surface area contributed by atoms with E-state index < -0.39 is 0 Å². The fraction of sp³-hybridized carbons (Fsp3) is 0.412. The molecule has 1 heterocycles. The quantitative estimate of drug-likeness (QED) is 0.822. The molecular formula is C17H19ClN2O3S. The first-order chi connectivity index (χ1) is 11.6. The van der Waals surface area contributed by atoms with Crippen LogP contribution in [0.5, 0.6) is 11.5 Å². The molecule has 1 aliphatic heterocycles. The zero-order valence-electron chi connectivity index (χ0n) is 13.6. The number of amides is 1. The minimum Gasteiger partial charge on any atom is -0.493 e. The Balaban J connectivity index is 1.83. The summed E-state index contributed by atoms with van der Waals surface area (Å²) in [5, 5.41) is 3.96. The van der Waals surface area contributed by atoms with Crippen molar-refractivity contribution in [1.82, 2.24) is 5.32 Å². The maximum absolute atomic E-state index is 12.2. The van der Waals surface area contributed by atoms with Gasteiger partial charge in [-0.3, -0.25) is 9.79 Å². The van der Waals surface area contributed by atoms with Gasteiger partial charge in [0.2, 0.25) is 0 Å². The van der Waals surface area contributed by atoms with Crippen molar-refractivity contribution in [3.8, 4) is 11.5 Å². The second-order valence-corrected chi connectivity index (χ2v) is 7.11. The third kappa shape index (κ3) is 3.70. The van der Waals surface area contributed by atoms with Crippen LogP contribution >= 0.6 is 23.4 Å². The number of nitrogens with zero attached hydrogens (tertiary/aromatic N) is 1. The van der Waals surface area contributed by atoms with Gasteiger partial charge in [-0.25, -0.2) is 0 Å². The molecule has 0 spiro atoms. The van der Waals surface area contributed by atoms with Crippen molar-refractivity contribution in [2.24, 2.45) is 4.99 Å². The van der Waals surface area contributed by atoms with E-state index in [1.54, 1.807) is 25.3 Å². The molecule has 0 aromatic heterocycles. The van der Waals surface area contributed by atoms with Gasteiger partial charge in [0.25, 0.3) is 5.91 Å². The second-order valence-electron chi connectivity index (χ2n) is 5.68. The molecule has 0 radical (unpaired) electrons. The van der Waals surface area contributed by atoms with Crippen LogP contribution in [0.2, 0.25) is 5.02 Å². The number of hydrogen-bond donors (Lipinski definition) is 1. The molecule has 24 heavy (non-hydrogen) atoms. The summed E-state index contributed by atoms with van der Waals surface area (Å²) in [7, 11) is 3.09. The van der Waals surface area contributed by atoms with E-state index in [0.717, 1.165) is 18.4 Å². The maximum Gasteiger partial charge on any atom is 0.264 e. The molecule has 0 bridgehead atoms. The van der Waals surface area contributed by atoms with E-state index in [2.05, 4.69) is 10.3 Å². The number of benzene rings is 1. The molecule has 5 nitrogen and oxygen atoms in total. The highest BCUT2D eigenvalue weighted by Crippen LogP contribution is 2.37. The van der Waals surface area contributed by atoms with Crippen molar-refractivity contribution >= 4 is 40.5 Å². The lowest BCUT2D eigenvalue weighted by atomic mass is 10.2. The lowest BCUT2D eigenvalue weighted by Gasteiger charge is -2.10. The number of nitrogens with one attached hydrogen (secondary N) is 1. The molecule has 1 saturated carbocycles. The Morgan fingerprint density at radius 1 is 1.29 bits per heavy atom. The molecule has 1 aliphatic carbocycles. The van der Waals surface area contributed by atoms with Crippen LogP contribution in [0, 0.1) is 0 Å². The Morgan fingerprint density at radius 2 is 2.04 bits per heavy atom. The first kappa shape index (κ1) is 17.2. The van der Waals surface area contributed by atoms with Crippen molar-refractivity contribution in [1.29, 1.82) is 0 Å². The lowest BCUT2D eigenvalue weighted by molar-refractivity contribution is -0.115. The van der Waals surface area contributed by atoms with Gasteiger partial charge in [0.05, 0.1) is 30.2 Å². The van der Waals surface area contributed by atoms with E-state index in [4.69, 9.17) is 21.1 Å².